The Morgan fingerprint density at radius 1 is 0.853 bits per heavy atom. The van der Waals surface area contributed by atoms with Gasteiger partial charge in [0, 0.05) is 5.92 Å². The fourth-order valence-electron chi connectivity index (χ4n) is 4.40. The normalized spacial score (nSPS) is 13.9. The number of benzene rings is 2. The van der Waals surface area contributed by atoms with Gasteiger partial charge in [0.1, 0.15) is 18.7 Å². The molecule has 1 aliphatic rings. The van der Waals surface area contributed by atoms with Gasteiger partial charge in [0.15, 0.2) is 0 Å². The zero-order valence-electron chi connectivity index (χ0n) is 19.9. The number of carbonyl (C=O) groups is 3. The molecule has 0 aromatic heterocycles. The van der Waals surface area contributed by atoms with E-state index >= 15 is 0 Å². The highest BCUT2D eigenvalue weighted by atomic mass is 16.5. The van der Waals surface area contributed by atoms with Crippen molar-refractivity contribution in [1.29, 1.82) is 0 Å². The van der Waals surface area contributed by atoms with Crippen molar-refractivity contribution in [3.8, 4) is 11.1 Å². The first-order valence-electron chi connectivity index (χ1n) is 12.1. The number of hydrogen-bond acceptors (Lipinski definition) is 4. The lowest BCUT2D eigenvalue weighted by Gasteiger charge is -2.22. The summed E-state index contributed by atoms with van der Waals surface area (Å²) in [6.45, 7) is 4.10. The molecule has 0 radical (unpaired) electrons. The highest BCUT2D eigenvalue weighted by molar-refractivity contribution is 5.89. The molecule has 3 rings (SSSR count). The molecular weight excluding hydrogens is 432 g/mol. The van der Waals surface area contributed by atoms with Gasteiger partial charge in [-0.3, -0.25) is 4.79 Å². The summed E-state index contributed by atoms with van der Waals surface area (Å²) in [5, 5.41) is 14.7. The van der Waals surface area contributed by atoms with Crippen LogP contribution in [0.15, 0.2) is 48.5 Å². The number of aliphatic carboxylic acids is 1. The fourth-order valence-corrected chi connectivity index (χ4v) is 4.40. The third-order valence-corrected chi connectivity index (χ3v) is 6.26. The summed E-state index contributed by atoms with van der Waals surface area (Å²) in [5.74, 6) is -1.64. The van der Waals surface area contributed by atoms with Crippen molar-refractivity contribution in [2.24, 2.45) is 0 Å². The Morgan fingerprint density at radius 3 is 1.91 bits per heavy atom. The maximum absolute atomic E-state index is 12.8. The summed E-state index contributed by atoms with van der Waals surface area (Å²) in [6, 6.07) is 14.3. The maximum atomic E-state index is 12.8. The molecule has 1 unspecified atom stereocenters. The van der Waals surface area contributed by atoms with E-state index in [1.54, 1.807) is 0 Å². The number of carbonyl (C=O) groups excluding carboxylic acids is 2. The molecule has 7 heteroatoms. The van der Waals surface area contributed by atoms with Crippen LogP contribution in [0.4, 0.5) is 4.79 Å². The second kappa shape index (κ2) is 12.2. The summed E-state index contributed by atoms with van der Waals surface area (Å²) in [5.41, 5.74) is 4.49. The molecule has 182 valence electrons. The number of nitrogens with one attached hydrogen (secondary N) is 2. The maximum Gasteiger partial charge on any atom is 0.407 e. The van der Waals surface area contributed by atoms with Crippen molar-refractivity contribution >= 4 is 18.0 Å². The first-order valence-corrected chi connectivity index (χ1v) is 12.1. The second-order valence-corrected chi connectivity index (χ2v) is 8.71. The Bertz CT molecular complexity index is 961. The molecule has 0 heterocycles. The van der Waals surface area contributed by atoms with E-state index in [2.05, 4.69) is 22.8 Å². The number of ether oxygens (including phenoxy) is 1. The minimum absolute atomic E-state index is 0.0773. The highest BCUT2D eigenvalue weighted by Crippen LogP contribution is 2.44. The number of carboxylic acids is 1. The van der Waals surface area contributed by atoms with E-state index in [4.69, 9.17) is 4.74 Å². The molecule has 0 spiro atoms. The van der Waals surface area contributed by atoms with E-state index in [9.17, 15) is 19.5 Å². The molecule has 0 fully saturated rings. The number of alkyl carbamates (subject to hydrolysis) is 1. The quantitative estimate of drug-likeness (QED) is 0.415. The van der Waals surface area contributed by atoms with Gasteiger partial charge < -0.3 is 20.5 Å². The van der Waals surface area contributed by atoms with Gasteiger partial charge in [-0.15, -0.1) is 0 Å². The lowest BCUT2D eigenvalue weighted by atomic mass is 9.98. The number of unbranched alkanes of at least 4 members (excludes halogenated alkanes) is 2. The molecule has 7 nitrogen and oxygen atoms in total. The molecule has 34 heavy (non-hydrogen) atoms. The van der Waals surface area contributed by atoms with E-state index in [-0.39, 0.29) is 12.5 Å². The van der Waals surface area contributed by atoms with E-state index in [0.717, 1.165) is 35.1 Å². The van der Waals surface area contributed by atoms with Gasteiger partial charge in [-0.1, -0.05) is 88.1 Å². The van der Waals surface area contributed by atoms with E-state index in [1.807, 2.05) is 50.2 Å². The largest absolute Gasteiger partial charge is 0.480 e. The Balaban J connectivity index is 1.64. The Hall–Kier alpha value is -3.35. The molecule has 0 bridgehead atoms. The van der Waals surface area contributed by atoms with Crippen LogP contribution in [0.5, 0.6) is 0 Å². The van der Waals surface area contributed by atoms with Crippen molar-refractivity contribution in [2.45, 2.75) is 70.4 Å². The summed E-state index contributed by atoms with van der Waals surface area (Å²) >= 11 is 0. The van der Waals surface area contributed by atoms with Crippen molar-refractivity contribution in [3.63, 3.8) is 0 Å². The Labute approximate surface area is 200 Å². The minimum atomic E-state index is -1.07. The lowest BCUT2D eigenvalue weighted by molar-refractivity contribution is -0.142. The number of rotatable bonds is 12. The van der Waals surface area contributed by atoms with Crippen LogP contribution in [0.2, 0.25) is 0 Å². The lowest BCUT2D eigenvalue weighted by Crippen LogP contribution is -2.51. The van der Waals surface area contributed by atoms with E-state index < -0.39 is 30.1 Å². The van der Waals surface area contributed by atoms with Crippen LogP contribution in [-0.4, -0.2) is 41.8 Å². The van der Waals surface area contributed by atoms with Gasteiger partial charge >= 0.3 is 12.1 Å². The predicted molar refractivity (Wildman–Crippen MR) is 131 cm³/mol. The molecule has 2 atom stereocenters. The first kappa shape index (κ1) is 25.3. The van der Waals surface area contributed by atoms with Gasteiger partial charge in [0.25, 0.3) is 0 Å². The molecule has 0 saturated heterocycles. The second-order valence-electron chi connectivity index (χ2n) is 8.71. The Kier molecular flexibility index (Phi) is 9.08. The molecule has 0 saturated carbocycles. The summed E-state index contributed by atoms with van der Waals surface area (Å²) < 4.78 is 5.57. The molecule has 1 aliphatic carbocycles. The highest BCUT2D eigenvalue weighted by Gasteiger charge is 2.30. The van der Waals surface area contributed by atoms with Crippen LogP contribution in [0, 0.1) is 0 Å². The zero-order valence-corrected chi connectivity index (χ0v) is 19.9. The third kappa shape index (κ3) is 6.16. The van der Waals surface area contributed by atoms with Crippen LogP contribution in [0.1, 0.15) is 69.4 Å². The standard InChI is InChI=1S/C27H34N2O5/c1-3-5-15-23(25(30)28-24(26(31)32)16-6-4-2)29-27(33)34-17-22-20-13-9-7-11-18(20)19-12-8-10-14-21(19)22/h7-14,22-24H,3-6,15-17H2,1-2H3,(H,28,30)(H,29,33)(H,31,32)/t23-,24?/m0/s1. The molecule has 2 aromatic rings. The molecular formula is C27H34N2O5. The number of carboxylic acid groups (broad SMARTS) is 1. The van der Waals surface area contributed by atoms with E-state index in [0.29, 0.717) is 25.7 Å². The van der Waals surface area contributed by atoms with Crippen LogP contribution in [0.3, 0.4) is 0 Å². The van der Waals surface area contributed by atoms with Crippen LogP contribution < -0.4 is 10.6 Å². The van der Waals surface area contributed by atoms with Crippen LogP contribution in [0.25, 0.3) is 11.1 Å². The number of hydrogen-bond donors (Lipinski definition) is 3. The number of fused-ring (bicyclic) bond motifs is 3. The minimum Gasteiger partial charge on any atom is -0.480 e. The van der Waals surface area contributed by atoms with Crippen molar-refractivity contribution in [3.05, 3.63) is 59.7 Å². The van der Waals surface area contributed by atoms with E-state index in [1.165, 1.54) is 0 Å². The van der Waals surface area contributed by atoms with Crippen molar-refractivity contribution in [2.75, 3.05) is 6.61 Å². The SMILES string of the molecule is CCCCC(NC(=O)[C@H](CCCC)NC(=O)OCC1c2ccccc2-c2ccccc21)C(=O)O. The van der Waals surface area contributed by atoms with Gasteiger partial charge in [0.2, 0.25) is 5.91 Å². The van der Waals surface area contributed by atoms with Crippen molar-refractivity contribution < 1.29 is 24.2 Å². The van der Waals surface area contributed by atoms with Gasteiger partial charge in [0.05, 0.1) is 0 Å². The topological polar surface area (TPSA) is 105 Å². The van der Waals surface area contributed by atoms with Crippen LogP contribution in [-0.2, 0) is 14.3 Å². The van der Waals surface area contributed by atoms with Gasteiger partial charge in [-0.05, 0) is 35.1 Å². The van der Waals surface area contributed by atoms with Crippen LogP contribution >= 0.6 is 0 Å². The fraction of sp³-hybridized carbons (Fsp3) is 0.444. The molecule has 2 amide bonds. The predicted octanol–water partition coefficient (Wildman–Crippen LogP) is 4.84. The molecule has 0 aliphatic heterocycles. The average Bonchev–Trinajstić information content (AvgIpc) is 3.16. The average molecular weight is 467 g/mol. The zero-order chi connectivity index (χ0) is 24.5. The summed E-state index contributed by atoms with van der Waals surface area (Å²) in [7, 11) is 0. The monoisotopic (exact) mass is 466 g/mol. The molecule has 3 N–H and O–H groups in total. The summed E-state index contributed by atoms with van der Waals surface area (Å²) in [4.78, 5) is 37.0. The van der Waals surface area contributed by atoms with Gasteiger partial charge in [-0.25, -0.2) is 9.59 Å². The number of amides is 2. The first-order chi connectivity index (χ1) is 16.5. The van der Waals surface area contributed by atoms with Crippen molar-refractivity contribution in [1.82, 2.24) is 10.6 Å². The van der Waals surface area contributed by atoms with Gasteiger partial charge in [-0.2, -0.15) is 0 Å². The smallest absolute Gasteiger partial charge is 0.407 e. The molecule has 2 aromatic carbocycles. The third-order valence-electron chi connectivity index (χ3n) is 6.26. The Morgan fingerprint density at radius 2 is 1.38 bits per heavy atom. The summed E-state index contributed by atoms with van der Waals surface area (Å²) in [6.07, 6.45) is 3.16.